The molecule has 23 aromatic rings. The first-order valence-electron chi connectivity index (χ1n) is 35.8. The third kappa shape index (κ3) is 8.99. The summed E-state index contributed by atoms with van der Waals surface area (Å²) in [7, 11) is 0. The zero-order chi connectivity index (χ0) is 69.2. The van der Waals surface area contributed by atoms with Gasteiger partial charge in [0.2, 0.25) is 0 Å². The van der Waals surface area contributed by atoms with E-state index in [4.69, 9.17) is 28.2 Å². The fraction of sp³-hybridized carbons (Fsp3) is 0. The molecule has 9 heteroatoms. The predicted molar refractivity (Wildman–Crippen MR) is 435 cm³/mol. The Morgan fingerprint density at radius 1 is 0.170 bits per heavy atom. The maximum absolute atomic E-state index is 6.25. The first-order chi connectivity index (χ1) is 52.5. The van der Waals surface area contributed by atoms with Crippen LogP contribution >= 0.6 is 0 Å². The van der Waals surface area contributed by atoms with Crippen molar-refractivity contribution in [2.24, 2.45) is 0 Å². The summed E-state index contributed by atoms with van der Waals surface area (Å²) in [5.41, 5.74) is 24.5. The molecule has 0 aliphatic heterocycles. The highest BCUT2D eigenvalue weighted by Crippen LogP contribution is 2.44. The summed E-state index contributed by atoms with van der Waals surface area (Å²) in [6.07, 6.45) is 0. The predicted octanol–water partition coefficient (Wildman–Crippen LogP) is 26.0. The minimum atomic E-state index is 0.559. The van der Waals surface area contributed by atoms with Crippen LogP contribution in [0.4, 0.5) is 0 Å². The maximum Gasteiger partial charge on any atom is 0.164 e. The molecule has 23 rings (SSSR count). The smallest absolute Gasteiger partial charge is 0.164 e. The summed E-state index contributed by atoms with van der Waals surface area (Å²) in [5.74, 6) is 1.69. The number of rotatable bonds is 9. The van der Waals surface area contributed by atoms with Crippen molar-refractivity contribution in [2.75, 3.05) is 0 Å². The van der Waals surface area contributed by atoms with Gasteiger partial charge in [0.1, 0.15) is 33.5 Å². The van der Waals surface area contributed by atoms with E-state index >= 15 is 0 Å². The molecule has 0 bridgehead atoms. The monoisotopic (exact) mass is 1350 g/mol. The molecule has 0 aliphatic rings. The Hall–Kier alpha value is -14.4. The van der Waals surface area contributed by atoms with Crippen molar-refractivity contribution in [3.63, 3.8) is 0 Å². The van der Waals surface area contributed by atoms with E-state index in [0.29, 0.717) is 17.5 Å². The molecule has 0 aliphatic carbocycles. The minimum Gasteiger partial charge on any atom is -0.456 e. The first-order valence-corrected chi connectivity index (χ1v) is 35.8. The molecular formula is C97H56N6O3. The number of aromatic nitrogens is 6. The summed E-state index contributed by atoms with van der Waals surface area (Å²) in [4.78, 5) is 16.4. The largest absolute Gasteiger partial charge is 0.456 e. The Labute approximate surface area is 604 Å². The Kier molecular flexibility index (Phi) is 12.4. The fourth-order valence-corrected chi connectivity index (χ4v) is 16.9. The van der Waals surface area contributed by atoms with Crippen molar-refractivity contribution >= 4 is 142 Å². The van der Waals surface area contributed by atoms with Gasteiger partial charge in [-0.25, -0.2) is 15.0 Å². The van der Waals surface area contributed by atoms with Crippen LogP contribution in [0.25, 0.3) is 227 Å². The van der Waals surface area contributed by atoms with E-state index in [1.54, 1.807) is 0 Å². The number of furan rings is 3. The molecule has 9 nitrogen and oxygen atoms in total. The average Bonchev–Trinajstić information content (AvgIpc) is 1.60. The molecule has 492 valence electrons. The van der Waals surface area contributed by atoms with E-state index in [-0.39, 0.29) is 0 Å². The van der Waals surface area contributed by atoms with Crippen LogP contribution < -0.4 is 0 Å². The average molecular weight is 1350 g/mol. The lowest BCUT2D eigenvalue weighted by Crippen LogP contribution is -2.02. The second kappa shape index (κ2) is 22.5. The summed E-state index contributed by atoms with van der Waals surface area (Å²) >= 11 is 0. The Bertz CT molecular complexity index is 7390. The van der Waals surface area contributed by atoms with Crippen LogP contribution in [0.1, 0.15) is 0 Å². The Morgan fingerprint density at radius 2 is 0.453 bits per heavy atom. The summed E-state index contributed by atoms with van der Waals surface area (Å²) < 4.78 is 25.8. The molecule has 7 aromatic heterocycles. The second-order valence-electron chi connectivity index (χ2n) is 27.8. The molecule has 7 heterocycles. The van der Waals surface area contributed by atoms with Crippen LogP contribution in [0.15, 0.2) is 353 Å². The Morgan fingerprint density at radius 3 is 0.849 bits per heavy atom. The Balaban J connectivity index is 0.649. The van der Waals surface area contributed by atoms with Gasteiger partial charge in [0, 0.05) is 98.4 Å². The van der Waals surface area contributed by atoms with Gasteiger partial charge < -0.3 is 27.0 Å². The van der Waals surface area contributed by atoms with E-state index in [1.807, 2.05) is 36.4 Å². The lowest BCUT2D eigenvalue weighted by atomic mass is 10.0. The van der Waals surface area contributed by atoms with E-state index < -0.39 is 0 Å². The molecule has 0 N–H and O–H groups in total. The molecular weight excluding hydrogens is 1300 g/mol. The zero-order valence-corrected chi connectivity index (χ0v) is 56.7. The zero-order valence-electron chi connectivity index (χ0n) is 56.7. The standard InChI is InChI=1S/C97H56N6O3/c1-7-25-83-71(19-1)77-51-59(62-37-44-92-80(54-62)74-22-4-10-28-89(74)104-92)34-41-86(77)101(83)68-17-13-15-65(49-68)95-98-96(66-16-14-18-69(50-66)102-84-26-8-2-20-72(84)78-52-60(35-42-87(78)102)63-38-45-93-81(55-63)75-23-5-11-29-90(75)105-93)100-97(99-95)67-32-31-58-48-70(40-33-57(58)47-67)103-85-27-9-3-21-73(85)79-53-61(36-43-88(79)103)64-39-46-94-82(56-64)76-24-6-12-30-91(76)106-94/h1-56H. The van der Waals surface area contributed by atoms with Crippen LogP contribution in [0.2, 0.25) is 0 Å². The highest BCUT2D eigenvalue weighted by atomic mass is 16.3. The molecule has 0 radical (unpaired) electrons. The second-order valence-corrected chi connectivity index (χ2v) is 27.8. The molecule has 0 amide bonds. The van der Waals surface area contributed by atoms with Gasteiger partial charge in [-0.05, 0) is 196 Å². The molecule has 0 saturated carbocycles. The molecule has 0 fully saturated rings. The lowest BCUT2D eigenvalue weighted by Gasteiger charge is -2.13. The number of fused-ring (bicyclic) bond motifs is 19. The molecule has 16 aromatic carbocycles. The normalized spacial score (nSPS) is 12.2. The number of benzene rings is 16. The van der Waals surface area contributed by atoms with E-state index in [1.165, 1.54) is 10.8 Å². The van der Waals surface area contributed by atoms with E-state index in [2.05, 4.69) is 317 Å². The van der Waals surface area contributed by atoms with E-state index in [0.717, 1.165) is 198 Å². The minimum absolute atomic E-state index is 0.559. The van der Waals surface area contributed by atoms with Gasteiger partial charge in [-0.15, -0.1) is 0 Å². The molecule has 0 unspecified atom stereocenters. The van der Waals surface area contributed by atoms with Gasteiger partial charge in [0.25, 0.3) is 0 Å². The van der Waals surface area contributed by atoms with Crippen LogP contribution in [0.3, 0.4) is 0 Å². The number of hydrogen-bond acceptors (Lipinski definition) is 6. The molecule has 0 saturated heterocycles. The third-order valence-electron chi connectivity index (χ3n) is 21.8. The van der Waals surface area contributed by atoms with Gasteiger partial charge in [0.05, 0.1) is 33.1 Å². The maximum atomic E-state index is 6.25. The summed E-state index contributed by atoms with van der Waals surface area (Å²) in [6, 6.07) is 122. The van der Waals surface area contributed by atoms with Crippen LogP contribution in [0, 0.1) is 0 Å². The first kappa shape index (κ1) is 58.3. The topological polar surface area (TPSA) is 92.9 Å². The summed E-state index contributed by atoms with van der Waals surface area (Å²) in [6.45, 7) is 0. The van der Waals surface area contributed by atoms with E-state index in [9.17, 15) is 0 Å². The van der Waals surface area contributed by atoms with Gasteiger partial charge in [-0.1, -0.05) is 188 Å². The number of hydrogen-bond donors (Lipinski definition) is 0. The molecule has 0 spiro atoms. The van der Waals surface area contributed by atoms with Crippen molar-refractivity contribution in [3.8, 4) is 84.6 Å². The van der Waals surface area contributed by atoms with Gasteiger partial charge in [-0.2, -0.15) is 0 Å². The van der Waals surface area contributed by atoms with Crippen LogP contribution in [-0.4, -0.2) is 28.7 Å². The number of para-hydroxylation sites is 6. The highest BCUT2D eigenvalue weighted by molar-refractivity contribution is 6.15. The van der Waals surface area contributed by atoms with Crippen molar-refractivity contribution in [3.05, 3.63) is 340 Å². The highest BCUT2D eigenvalue weighted by Gasteiger charge is 2.22. The van der Waals surface area contributed by atoms with Crippen LogP contribution in [-0.2, 0) is 0 Å². The lowest BCUT2D eigenvalue weighted by molar-refractivity contribution is 0.668. The van der Waals surface area contributed by atoms with Crippen molar-refractivity contribution in [1.29, 1.82) is 0 Å². The van der Waals surface area contributed by atoms with Crippen LogP contribution in [0.5, 0.6) is 0 Å². The third-order valence-corrected chi connectivity index (χ3v) is 21.8. The van der Waals surface area contributed by atoms with Gasteiger partial charge in [0.15, 0.2) is 17.5 Å². The van der Waals surface area contributed by atoms with Gasteiger partial charge in [-0.3, -0.25) is 0 Å². The molecule has 106 heavy (non-hydrogen) atoms. The number of nitrogens with zero attached hydrogens (tertiary/aromatic N) is 6. The summed E-state index contributed by atoms with van der Waals surface area (Å²) in [5, 5.41) is 15.9. The molecule has 0 atom stereocenters. The van der Waals surface area contributed by atoms with Crippen molar-refractivity contribution < 1.29 is 13.3 Å². The van der Waals surface area contributed by atoms with Crippen molar-refractivity contribution in [1.82, 2.24) is 28.7 Å². The quantitative estimate of drug-likeness (QED) is 0.143. The SMILES string of the molecule is c1cc(-c2nc(-c3cccc(-n4c5ccccc5c5cc(-c6ccc7oc8ccccc8c7c6)ccc54)c3)nc(-c3ccc4cc(-n5c6ccccc6c6cc(-c7ccc8oc9ccccc9c8c7)ccc65)ccc4c3)n2)cc(-n2c3ccccc3c3cc(-c4ccc5oc6ccccc6c5c4)ccc32)c1. The van der Waals surface area contributed by atoms with Crippen molar-refractivity contribution in [2.45, 2.75) is 0 Å². The van der Waals surface area contributed by atoms with Gasteiger partial charge >= 0.3 is 0 Å². The fourth-order valence-electron chi connectivity index (χ4n) is 16.9.